The molecule has 6 nitrogen and oxygen atoms in total. The fraction of sp³-hybridized carbons (Fsp3) is 0.235. The average Bonchev–Trinajstić information content (AvgIpc) is 2.65. The van der Waals surface area contributed by atoms with Gasteiger partial charge < -0.3 is 18.5 Å². The Morgan fingerprint density at radius 3 is 2.30 bits per heavy atom. The number of rotatable bonds is 8. The number of benzene rings is 2. The van der Waals surface area contributed by atoms with Crippen LogP contribution >= 0.6 is 30.8 Å². The molecule has 0 saturated carbocycles. The van der Waals surface area contributed by atoms with Crippen molar-refractivity contribution in [2.24, 2.45) is 0 Å². The Hall–Kier alpha value is -1.63. The van der Waals surface area contributed by atoms with Crippen LogP contribution in [0.25, 0.3) is 0 Å². The van der Waals surface area contributed by atoms with Gasteiger partial charge in [0, 0.05) is 24.8 Å². The van der Waals surface area contributed by atoms with Gasteiger partial charge in [-0.05, 0) is 30.3 Å². The van der Waals surface area contributed by atoms with Crippen LogP contribution in [0.2, 0.25) is 10.0 Å². The third-order valence-electron chi connectivity index (χ3n) is 3.43. The summed E-state index contributed by atoms with van der Waals surface area (Å²) in [6.07, 6.45) is 0. The number of halogens is 3. The molecule has 0 saturated heterocycles. The van der Waals surface area contributed by atoms with Gasteiger partial charge in [-0.1, -0.05) is 35.3 Å². The van der Waals surface area contributed by atoms with Gasteiger partial charge >= 0.3 is 13.6 Å². The van der Waals surface area contributed by atoms with E-state index in [0.717, 1.165) is 26.4 Å². The molecule has 0 aromatic heterocycles. The number of ether oxygens (including phenoxy) is 2. The lowest BCUT2D eigenvalue weighted by molar-refractivity contribution is -0.149. The number of carbonyl (C=O) groups excluding carboxylic acids is 1. The maximum absolute atomic E-state index is 13.2. The highest BCUT2D eigenvalue weighted by atomic mass is 35.5. The summed E-state index contributed by atoms with van der Waals surface area (Å²) in [5.41, 5.74) is 0.237. The molecule has 0 aliphatic heterocycles. The zero-order valence-electron chi connectivity index (χ0n) is 14.4. The van der Waals surface area contributed by atoms with E-state index in [1.807, 2.05) is 0 Å². The Labute approximate surface area is 165 Å². The first kappa shape index (κ1) is 21.7. The minimum absolute atomic E-state index is 0.213. The van der Waals surface area contributed by atoms with Crippen LogP contribution in [0, 0.1) is 5.82 Å². The highest BCUT2D eigenvalue weighted by Gasteiger charge is 2.39. The molecule has 0 radical (unpaired) electrons. The molecular weight excluding hydrogens is 421 g/mol. The van der Waals surface area contributed by atoms with E-state index < -0.39 is 31.8 Å². The van der Waals surface area contributed by atoms with Crippen molar-refractivity contribution in [1.82, 2.24) is 0 Å². The molecule has 0 aliphatic carbocycles. The van der Waals surface area contributed by atoms with Gasteiger partial charge in [-0.15, -0.1) is 0 Å². The summed E-state index contributed by atoms with van der Waals surface area (Å²) in [5.74, 6) is -2.54. The van der Waals surface area contributed by atoms with E-state index in [9.17, 15) is 13.8 Å². The summed E-state index contributed by atoms with van der Waals surface area (Å²) in [5, 5.41) is 0.622. The second-order valence-corrected chi connectivity index (χ2v) is 8.28. The molecule has 2 aromatic carbocycles. The molecule has 27 heavy (non-hydrogen) atoms. The summed E-state index contributed by atoms with van der Waals surface area (Å²) in [6.45, 7) is -0.521. The predicted octanol–water partition coefficient (Wildman–Crippen LogP) is 5.24. The fourth-order valence-corrected chi connectivity index (χ4v) is 3.88. The summed E-state index contributed by atoms with van der Waals surface area (Å²) in [6, 6.07) is 9.38. The van der Waals surface area contributed by atoms with Crippen molar-refractivity contribution in [3.8, 4) is 5.75 Å². The maximum Gasteiger partial charge on any atom is 0.375 e. The molecule has 0 fully saturated rings. The Morgan fingerprint density at radius 1 is 1.11 bits per heavy atom. The van der Waals surface area contributed by atoms with Gasteiger partial charge in [0.05, 0.1) is 5.02 Å². The Balaban J connectivity index is 2.15. The maximum atomic E-state index is 13.2. The van der Waals surface area contributed by atoms with E-state index in [4.69, 9.17) is 41.7 Å². The predicted molar refractivity (Wildman–Crippen MR) is 98.8 cm³/mol. The lowest BCUT2D eigenvalue weighted by atomic mass is 10.2. The number of esters is 1. The standard InChI is InChI=1S/C17H16Cl2FO6P/c1-23-27(22,24-2)17(11-3-6-13(20)7-4-11)26-16(21)10-25-15-8-5-12(18)9-14(15)19/h3-9,17H,10H2,1-2H3. The molecule has 2 rings (SSSR count). The third-order valence-corrected chi connectivity index (χ3v) is 5.96. The second kappa shape index (κ2) is 9.53. The van der Waals surface area contributed by atoms with E-state index >= 15 is 0 Å². The SMILES string of the molecule is COP(=O)(OC)C(OC(=O)COc1ccc(Cl)cc1Cl)c1ccc(F)cc1. The molecule has 0 spiro atoms. The van der Waals surface area contributed by atoms with Crippen LogP contribution in [0.3, 0.4) is 0 Å². The van der Waals surface area contributed by atoms with Crippen LogP contribution in [-0.4, -0.2) is 26.8 Å². The van der Waals surface area contributed by atoms with Crippen LogP contribution < -0.4 is 4.74 Å². The van der Waals surface area contributed by atoms with Crippen molar-refractivity contribution in [1.29, 1.82) is 0 Å². The zero-order valence-corrected chi connectivity index (χ0v) is 16.8. The van der Waals surface area contributed by atoms with E-state index in [2.05, 4.69) is 0 Å². The highest BCUT2D eigenvalue weighted by molar-refractivity contribution is 7.54. The van der Waals surface area contributed by atoms with Crippen molar-refractivity contribution in [3.05, 3.63) is 63.9 Å². The largest absolute Gasteiger partial charge is 0.480 e. The number of carbonyl (C=O) groups is 1. The molecule has 2 aromatic rings. The van der Waals surface area contributed by atoms with E-state index in [1.54, 1.807) is 6.07 Å². The van der Waals surface area contributed by atoms with Crippen molar-refractivity contribution in [2.45, 2.75) is 5.85 Å². The average molecular weight is 437 g/mol. The van der Waals surface area contributed by atoms with Crippen LogP contribution in [0.5, 0.6) is 5.75 Å². The summed E-state index contributed by atoms with van der Waals surface area (Å²) in [7, 11) is -1.56. The first-order chi connectivity index (χ1) is 12.8. The van der Waals surface area contributed by atoms with Crippen LogP contribution in [0.4, 0.5) is 4.39 Å². The van der Waals surface area contributed by atoms with Gasteiger partial charge in [0.1, 0.15) is 11.6 Å². The minimum Gasteiger partial charge on any atom is -0.480 e. The number of hydrogen-bond donors (Lipinski definition) is 0. The summed E-state index contributed by atoms with van der Waals surface area (Å²) >= 11 is 11.8. The molecule has 10 heteroatoms. The smallest absolute Gasteiger partial charge is 0.375 e. The van der Waals surface area contributed by atoms with Crippen molar-refractivity contribution in [2.75, 3.05) is 20.8 Å². The van der Waals surface area contributed by atoms with Crippen LogP contribution in [0.1, 0.15) is 11.4 Å². The van der Waals surface area contributed by atoms with Crippen molar-refractivity contribution in [3.63, 3.8) is 0 Å². The van der Waals surface area contributed by atoms with Gasteiger partial charge in [-0.25, -0.2) is 9.18 Å². The Bertz CT molecular complexity index is 838. The molecule has 1 unspecified atom stereocenters. The van der Waals surface area contributed by atoms with Crippen molar-refractivity contribution < 1.29 is 32.3 Å². The second-order valence-electron chi connectivity index (χ2n) is 5.16. The van der Waals surface area contributed by atoms with Crippen molar-refractivity contribution >= 4 is 36.8 Å². The molecule has 0 aliphatic rings. The Morgan fingerprint density at radius 2 is 1.74 bits per heavy atom. The Kier molecular flexibility index (Phi) is 7.65. The molecule has 0 N–H and O–H groups in total. The van der Waals surface area contributed by atoms with Crippen LogP contribution in [0.15, 0.2) is 42.5 Å². The van der Waals surface area contributed by atoms with E-state index in [0.29, 0.717) is 5.02 Å². The summed E-state index contributed by atoms with van der Waals surface area (Å²) in [4.78, 5) is 12.2. The van der Waals surface area contributed by atoms with Crippen LogP contribution in [-0.2, 0) is 23.1 Å². The highest BCUT2D eigenvalue weighted by Crippen LogP contribution is 2.60. The normalized spacial score (nSPS) is 12.5. The lowest BCUT2D eigenvalue weighted by Gasteiger charge is -2.24. The fourth-order valence-electron chi connectivity index (χ4n) is 2.10. The van der Waals surface area contributed by atoms with E-state index in [-0.39, 0.29) is 16.3 Å². The van der Waals surface area contributed by atoms with Gasteiger partial charge in [-0.2, -0.15) is 0 Å². The topological polar surface area (TPSA) is 71.1 Å². The molecule has 0 bridgehead atoms. The molecular formula is C17H16Cl2FO6P. The van der Waals surface area contributed by atoms with E-state index in [1.165, 1.54) is 24.3 Å². The number of hydrogen-bond acceptors (Lipinski definition) is 6. The zero-order chi connectivity index (χ0) is 20.0. The van der Waals surface area contributed by atoms with Gasteiger partial charge in [0.2, 0.25) is 5.85 Å². The summed E-state index contributed by atoms with van der Waals surface area (Å²) < 4.78 is 46.3. The first-order valence-corrected chi connectivity index (χ1v) is 9.90. The molecule has 0 amide bonds. The van der Waals surface area contributed by atoms with Gasteiger partial charge in [-0.3, -0.25) is 4.57 Å². The van der Waals surface area contributed by atoms with Gasteiger partial charge in [0.15, 0.2) is 6.61 Å². The molecule has 1 atom stereocenters. The molecule has 0 heterocycles. The monoisotopic (exact) mass is 436 g/mol. The molecule has 146 valence electrons. The quantitative estimate of drug-likeness (QED) is 0.416. The third kappa shape index (κ3) is 5.67. The minimum atomic E-state index is -3.86. The first-order valence-electron chi connectivity index (χ1n) is 7.53. The van der Waals surface area contributed by atoms with Gasteiger partial charge in [0.25, 0.3) is 0 Å². The lowest BCUT2D eigenvalue weighted by Crippen LogP contribution is -2.19.